The van der Waals surface area contributed by atoms with E-state index in [1.54, 1.807) is 7.05 Å². The van der Waals surface area contributed by atoms with Crippen molar-refractivity contribution in [3.63, 3.8) is 0 Å². The number of benzene rings is 2. The van der Waals surface area contributed by atoms with E-state index < -0.39 is 11.6 Å². The maximum atomic E-state index is 13.3. The summed E-state index contributed by atoms with van der Waals surface area (Å²) >= 11 is 0. The highest BCUT2D eigenvalue weighted by molar-refractivity contribution is 14.0. The zero-order valence-corrected chi connectivity index (χ0v) is 19.5. The van der Waals surface area contributed by atoms with E-state index in [-0.39, 0.29) is 30.1 Å². The summed E-state index contributed by atoms with van der Waals surface area (Å²) in [6.07, 6.45) is 1.46. The van der Waals surface area contributed by atoms with Gasteiger partial charge in [0.2, 0.25) is 0 Å². The number of nitrogens with zero attached hydrogens (tertiary/aromatic N) is 1. The summed E-state index contributed by atoms with van der Waals surface area (Å²) in [5, 5.41) is 6.42. The van der Waals surface area contributed by atoms with Crippen molar-refractivity contribution >= 4 is 29.9 Å². The zero-order valence-electron chi connectivity index (χ0n) is 17.2. The Kier molecular flexibility index (Phi) is 9.77. The van der Waals surface area contributed by atoms with Crippen LogP contribution in [-0.2, 0) is 17.7 Å². The molecule has 2 aromatic rings. The van der Waals surface area contributed by atoms with Gasteiger partial charge in [-0.05, 0) is 42.7 Å². The average Bonchev–Trinajstić information content (AvgIpc) is 3.18. The molecule has 0 radical (unpaired) electrons. The maximum Gasteiger partial charge on any atom is 0.191 e. The van der Waals surface area contributed by atoms with Gasteiger partial charge in [0.1, 0.15) is 23.5 Å². The number of ether oxygens (including phenoxy) is 2. The van der Waals surface area contributed by atoms with Gasteiger partial charge >= 0.3 is 0 Å². The molecule has 2 N–H and O–H groups in total. The van der Waals surface area contributed by atoms with Crippen molar-refractivity contribution in [2.75, 3.05) is 26.8 Å². The number of rotatable bonds is 7. The lowest BCUT2D eigenvalue weighted by Crippen LogP contribution is -2.38. The van der Waals surface area contributed by atoms with Crippen LogP contribution in [0.15, 0.2) is 41.4 Å². The van der Waals surface area contributed by atoms with E-state index in [1.165, 1.54) is 12.1 Å². The molecule has 0 aliphatic carbocycles. The average molecular weight is 531 g/mol. The second-order valence-electron chi connectivity index (χ2n) is 7.09. The predicted octanol–water partition coefficient (Wildman–Crippen LogP) is 3.97. The Balaban J connectivity index is 0.00000320. The highest BCUT2D eigenvalue weighted by atomic mass is 127. The third kappa shape index (κ3) is 7.39. The van der Waals surface area contributed by atoms with Crippen LogP contribution in [-0.4, -0.2) is 38.9 Å². The van der Waals surface area contributed by atoms with Crippen LogP contribution in [0.4, 0.5) is 8.78 Å². The summed E-state index contributed by atoms with van der Waals surface area (Å²) < 4.78 is 38.1. The Morgan fingerprint density at radius 1 is 1.17 bits per heavy atom. The molecule has 8 heteroatoms. The van der Waals surface area contributed by atoms with Gasteiger partial charge in [0.15, 0.2) is 5.96 Å². The van der Waals surface area contributed by atoms with Crippen LogP contribution >= 0.6 is 24.0 Å². The van der Waals surface area contributed by atoms with Gasteiger partial charge in [0.25, 0.3) is 0 Å². The van der Waals surface area contributed by atoms with Gasteiger partial charge in [0, 0.05) is 38.2 Å². The maximum absolute atomic E-state index is 13.3. The molecule has 1 fully saturated rings. The van der Waals surface area contributed by atoms with Crippen LogP contribution in [0.3, 0.4) is 0 Å². The van der Waals surface area contributed by atoms with E-state index in [4.69, 9.17) is 9.47 Å². The first kappa shape index (κ1) is 24.3. The summed E-state index contributed by atoms with van der Waals surface area (Å²) in [7, 11) is 1.68. The predicted molar refractivity (Wildman–Crippen MR) is 125 cm³/mol. The van der Waals surface area contributed by atoms with Crippen molar-refractivity contribution in [2.45, 2.75) is 32.4 Å². The van der Waals surface area contributed by atoms with Crippen molar-refractivity contribution in [1.29, 1.82) is 0 Å². The molecule has 0 amide bonds. The fourth-order valence-electron chi connectivity index (χ4n) is 3.18. The van der Waals surface area contributed by atoms with Gasteiger partial charge in [-0.3, -0.25) is 4.99 Å². The second-order valence-corrected chi connectivity index (χ2v) is 7.09. The smallest absolute Gasteiger partial charge is 0.191 e. The summed E-state index contributed by atoms with van der Waals surface area (Å²) in [6, 6.07) is 9.66. The first-order valence-corrected chi connectivity index (χ1v) is 9.77. The third-order valence-electron chi connectivity index (χ3n) is 4.70. The lowest BCUT2D eigenvalue weighted by atomic mass is 10.1. The highest BCUT2D eigenvalue weighted by Crippen LogP contribution is 2.23. The fraction of sp³-hybridized carbons (Fsp3) is 0.409. The molecule has 2 aromatic carbocycles. The third-order valence-corrected chi connectivity index (χ3v) is 4.70. The number of aliphatic imine (C=N–C) groups is 1. The van der Waals surface area contributed by atoms with Crippen LogP contribution in [0.2, 0.25) is 0 Å². The van der Waals surface area contributed by atoms with E-state index in [2.05, 4.69) is 15.6 Å². The molecular weight excluding hydrogens is 503 g/mol. The quantitative estimate of drug-likeness (QED) is 0.323. The number of nitrogens with one attached hydrogen (secondary N) is 2. The number of hydrogen-bond acceptors (Lipinski definition) is 3. The molecule has 1 atom stereocenters. The Bertz CT molecular complexity index is 838. The van der Waals surface area contributed by atoms with Crippen LogP contribution in [0.5, 0.6) is 5.75 Å². The fourth-order valence-corrected chi connectivity index (χ4v) is 3.18. The molecule has 164 valence electrons. The molecule has 1 saturated heterocycles. The Morgan fingerprint density at radius 2 is 1.93 bits per heavy atom. The molecule has 30 heavy (non-hydrogen) atoms. The summed E-state index contributed by atoms with van der Waals surface area (Å²) in [6.45, 7) is 4.42. The van der Waals surface area contributed by atoms with Crippen LogP contribution in [0, 0.1) is 18.6 Å². The van der Waals surface area contributed by atoms with Gasteiger partial charge in [-0.1, -0.05) is 12.1 Å². The molecule has 0 bridgehead atoms. The molecule has 0 saturated carbocycles. The van der Waals surface area contributed by atoms with E-state index in [0.29, 0.717) is 37.6 Å². The molecular formula is C22H28F2IN3O2. The molecule has 1 unspecified atom stereocenters. The van der Waals surface area contributed by atoms with Crippen LogP contribution in [0.25, 0.3) is 0 Å². The highest BCUT2D eigenvalue weighted by Gasteiger charge is 2.18. The van der Waals surface area contributed by atoms with E-state index >= 15 is 0 Å². The molecule has 1 aliphatic rings. The van der Waals surface area contributed by atoms with Crippen molar-refractivity contribution in [3.05, 3.63) is 64.7 Å². The normalized spacial score (nSPS) is 16.1. The first-order valence-electron chi connectivity index (χ1n) is 9.77. The van der Waals surface area contributed by atoms with Crippen molar-refractivity contribution in [2.24, 2.45) is 4.99 Å². The lowest BCUT2D eigenvalue weighted by Gasteiger charge is -2.18. The van der Waals surface area contributed by atoms with Gasteiger partial charge in [-0.25, -0.2) is 8.78 Å². The number of hydrogen-bond donors (Lipinski definition) is 2. The van der Waals surface area contributed by atoms with Crippen molar-refractivity contribution < 1.29 is 18.3 Å². The standard InChI is InChI=1S/C22H27F2N3O2.HI/c1-15-3-4-17(21(9-15)29-20-6-8-28-14-20)13-27-22(25-2)26-7-5-16-10-18(23)12-19(24)11-16;/h3-4,9-12,20H,5-8,13-14H2,1-2H3,(H2,25,26,27);1H. The molecule has 1 heterocycles. The number of halogens is 3. The van der Waals surface area contributed by atoms with E-state index in [9.17, 15) is 8.78 Å². The lowest BCUT2D eigenvalue weighted by molar-refractivity contribution is 0.140. The Labute approximate surface area is 193 Å². The molecule has 3 rings (SSSR count). The minimum Gasteiger partial charge on any atom is -0.488 e. The van der Waals surface area contributed by atoms with E-state index in [1.807, 2.05) is 25.1 Å². The molecule has 5 nitrogen and oxygen atoms in total. The molecule has 1 aliphatic heterocycles. The zero-order chi connectivity index (χ0) is 20.6. The van der Waals surface area contributed by atoms with E-state index in [0.717, 1.165) is 36.0 Å². The number of guanidine groups is 1. The van der Waals surface area contributed by atoms with Crippen molar-refractivity contribution in [3.8, 4) is 5.75 Å². The van der Waals surface area contributed by atoms with Gasteiger partial charge in [0.05, 0.1) is 13.2 Å². The largest absolute Gasteiger partial charge is 0.488 e. The SMILES string of the molecule is CN=C(NCCc1cc(F)cc(F)c1)NCc1ccc(C)cc1OC1CCOC1.I. The minimum atomic E-state index is -0.568. The molecule has 0 aromatic heterocycles. The molecule has 0 spiro atoms. The Hall–Kier alpha value is -1.94. The van der Waals surface area contributed by atoms with Crippen LogP contribution in [0.1, 0.15) is 23.1 Å². The van der Waals surface area contributed by atoms with Gasteiger partial charge in [-0.15, -0.1) is 24.0 Å². The monoisotopic (exact) mass is 531 g/mol. The summed E-state index contributed by atoms with van der Waals surface area (Å²) in [4.78, 5) is 4.21. The number of aryl methyl sites for hydroxylation is 1. The van der Waals surface area contributed by atoms with Gasteiger partial charge < -0.3 is 20.1 Å². The van der Waals surface area contributed by atoms with Crippen LogP contribution < -0.4 is 15.4 Å². The Morgan fingerprint density at radius 3 is 2.60 bits per heavy atom. The first-order chi connectivity index (χ1) is 14.0. The summed E-state index contributed by atoms with van der Waals surface area (Å²) in [5.74, 6) is 0.320. The summed E-state index contributed by atoms with van der Waals surface area (Å²) in [5.41, 5.74) is 2.75. The van der Waals surface area contributed by atoms with Crippen molar-refractivity contribution in [1.82, 2.24) is 10.6 Å². The minimum absolute atomic E-state index is 0. The second kappa shape index (κ2) is 12.0. The topological polar surface area (TPSA) is 54.9 Å². The van der Waals surface area contributed by atoms with Gasteiger partial charge in [-0.2, -0.15) is 0 Å².